The SMILES string of the molecule is Cc1ccc(S(=O)(=O)Nc2ccccc2C(=O)N2N=C(c3c(-c4ccccc4)c4cc(Br)ccc4[nH]c3=O)CC2c2ccco2)cc1. The van der Waals surface area contributed by atoms with Gasteiger partial charge in [-0.2, -0.15) is 5.10 Å². The molecule has 2 N–H and O–H groups in total. The molecule has 47 heavy (non-hydrogen) atoms. The first-order valence-corrected chi connectivity index (χ1v) is 17.0. The molecule has 0 saturated heterocycles. The van der Waals surface area contributed by atoms with Gasteiger partial charge in [0.1, 0.15) is 11.8 Å². The summed E-state index contributed by atoms with van der Waals surface area (Å²) in [5, 5.41) is 6.86. The lowest BCUT2D eigenvalue weighted by Gasteiger charge is -2.21. The van der Waals surface area contributed by atoms with E-state index in [9.17, 15) is 18.0 Å². The number of rotatable bonds is 7. The monoisotopic (exact) mass is 706 g/mol. The number of furan rings is 1. The Morgan fingerprint density at radius 1 is 0.936 bits per heavy atom. The number of carbonyl (C=O) groups is 1. The number of aromatic nitrogens is 1. The quantitative estimate of drug-likeness (QED) is 0.176. The lowest BCUT2D eigenvalue weighted by Crippen LogP contribution is -2.28. The van der Waals surface area contributed by atoms with Crippen LogP contribution in [0.2, 0.25) is 0 Å². The molecule has 0 saturated carbocycles. The molecular formula is C36H27BrN4O5S. The average Bonchev–Trinajstić information content (AvgIpc) is 3.76. The van der Waals surface area contributed by atoms with Gasteiger partial charge in [-0.25, -0.2) is 13.4 Å². The number of hydrogen-bond donors (Lipinski definition) is 2. The standard InChI is InChI=1S/C36H27BrN4O5S/c1-22-13-16-25(17-14-22)47(44,45)40-29-11-6-5-10-26(29)36(43)41-31(32-12-7-19-46-32)21-30(39-41)34-33(23-8-3-2-4-9-23)27-20-24(37)15-18-28(27)38-35(34)42/h2-20,31,40H,21H2,1H3,(H,38,42). The molecule has 0 spiro atoms. The number of para-hydroxylation sites is 1. The second-order valence-corrected chi connectivity index (χ2v) is 13.8. The molecule has 1 atom stereocenters. The van der Waals surface area contributed by atoms with Crippen LogP contribution in [0.15, 0.2) is 139 Å². The van der Waals surface area contributed by atoms with Crippen LogP contribution in [0.4, 0.5) is 5.69 Å². The van der Waals surface area contributed by atoms with E-state index in [-0.39, 0.29) is 28.1 Å². The number of hydrogen-bond acceptors (Lipinski definition) is 6. The van der Waals surface area contributed by atoms with E-state index in [0.29, 0.717) is 28.1 Å². The maximum atomic E-state index is 14.4. The van der Waals surface area contributed by atoms with Crippen LogP contribution >= 0.6 is 15.9 Å². The maximum Gasteiger partial charge on any atom is 0.276 e. The lowest BCUT2D eigenvalue weighted by molar-refractivity contribution is 0.0694. The molecule has 11 heteroatoms. The van der Waals surface area contributed by atoms with Crippen molar-refractivity contribution in [1.82, 2.24) is 9.99 Å². The number of halogens is 1. The van der Waals surface area contributed by atoms with Crippen molar-refractivity contribution in [3.63, 3.8) is 0 Å². The highest BCUT2D eigenvalue weighted by Crippen LogP contribution is 2.39. The van der Waals surface area contributed by atoms with E-state index < -0.39 is 22.0 Å². The van der Waals surface area contributed by atoms with E-state index in [1.165, 1.54) is 35.5 Å². The van der Waals surface area contributed by atoms with Crippen LogP contribution in [0, 0.1) is 6.92 Å². The van der Waals surface area contributed by atoms with E-state index in [2.05, 4.69) is 25.6 Å². The van der Waals surface area contributed by atoms with Gasteiger partial charge in [0.15, 0.2) is 0 Å². The normalized spacial score (nSPS) is 14.7. The second kappa shape index (κ2) is 12.2. The number of H-pyrrole nitrogens is 1. The Morgan fingerprint density at radius 3 is 2.43 bits per heavy atom. The third-order valence-corrected chi connectivity index (χ3v) is 9.93. The third-order valence-electron chi connectivity index (χ3n) is 8.05. The van der Waals surface area contributed by atoms with Crippen LogP contribution < -0.4 is 10.3 Å². The summed E-state index contributed by atoms with van der Waals surface area (Å²) in [4.78, 5) is 31.3. The topological polar surface area (TPSA) is 125 Å². The Bertz CT molecular complexity index is 2340. The fourth-order valence-corrected chi connectivity index (χ4v) is 7.24. The van der Waals surface area contributed by atoms with Crippen LogP contribution in [0.3, 0.4) is 0 Å². The van der Waals surface area contributed by atoms with Gasteiger partial charge in [0.25, 0.3) is 21.5 Å². The van der Waals surface area contributed by atoms with Gasteiger partial charge >= 0.3 is 0 Å². The number of carbonyl (C=O) groups excluding carboxylic acids is 1. The van der Waals surface area contributed by atoms with Gasteiger partial charge in [-0.15, -0.1) is 0 Å². The summed E-state index contributed by atoms with van der Waals surface area (Å²) in [6.07, 6.45) is 1.69. The van der Waals surface area contributed by atoms with Gasteiger partial charge in [-0.1, -0.05) is 76.1 Å². The Balaban J connectivity index is 1.36. The zero-order chi connectivity index (χ0) is 32.7. The van der Waals surface area contributed by atoms with Crippen molar-refractivity contribution in [2.75, 3.05) is 4.72 Å². The number of hydrazone groups is 1. The minimum Gasteiger partial charge on any atom is -0.467 e. The minimum absolute atomic E-state index is 0.0656. The molecule has 0 bridgehead atoms. The van der Waals surface area contributed by atoms with Crippen molar-refractivity contribution in [3.8, 4) is 11.1 Å². The molecule has 1 unspecified atom stereocenters. The number of pyridine rings is 1. The largest absolute Gasteiger partial charge is 0.467 e. The molecule has 3 heterocycles. The number of fused-ring (bicyclic) bond motifs is 1. The van der Waals surface area contributed by atoms with Crippen molar-refractivity contribution < 1.29 is 17.6 Å². The first-order valence-electron chi connectivity index (χ1n) is 14.7. The van der Waals surface area contributed by atoms with Crippen LogP contribution in [0.1, 0.15) is 39.7 Å². The Labute approximate surface area is 278 Å². The summed E-state index contributed by atoms with van der Waals surface area (Å²) in [5.41, 5.74) is 3.63. The molecule has 0 fully saturated rings. The third kappa shape index (κ3) is 5.79. The van der Waals surface area contributed by atoms with Crippen LogP contribution in [0.25, 0.3) is 22.0 Å². The fourth-order valence-electron chi connectivity index (χ4n) is 5.80. The summed E-state index contributed by atoms with van der Waals surface area (Å²) in [6.45, 7) is 1.87. The minimum atomic E-state index is -4.01. The molecule has 1 amide bonds. The molecule has 1 aliphatic rings. The van der Waals surface area contributed by atoms with Gasteiger partial charge < -0.3 is 9.40 Å². The summed E-state index contributed by atoms with van der Waals surface area (Å²) < 4.78 is 35.8. The maximum absolute atomic E-state index is 14.4. The molecule has 2 aromatic heterocycles. The number of amides is 1. The van der Waals surface area contributed by atoms with Crippen molar-refractivity contribution in [1.29, 1.82) is 0 Å². The van der Waals surface area contributed by atoms with E-state index >= 15 is 0 Å². The first-order chi connectivity index (χ1) is 22.7. The van der Waals surface area contributed by atoms with Crippen molar-refractivity contribution in [2.45, 2.75) is 24.3 Å². The van der Waals surface area contributed by atoms with Gasteiger partial charge in [0, 0.05) is 27.4 Å². The molecular weight excluding hydrogens is 680 g/mol. The lowest BCUT2D eigenvalue weighted by atomic mass is 9.92. The zero-order valence-electron chi connectivity index (χ0n) is 25.0. The Morgan fingerprint density at radius 2 is 1.68 bits per heavy atom. The summed E-state index contributed by atoms with van der Waals surface area (Å²) in [7, 11) is -4.01. The van der Waals surface area contributed by atoms with Crippen molar-refractivity contribution in [3.05, 3.63) is 153 Å². The number of benzene rings is 4. The number of aryl methyl sites for hydroxylation is 1. The summed E-state index contributed by atoms with van der Waals surface area (Å²) >= 11 is 3.57. The summed E-state index contributed by atoms with van der Waals surface area (Å²) in [6, 6.07) is 30.8. The predicted octanol–water partition coefficient (Wildman–Crippen LogP) is 7.65. The van der Waals surface area contributed by atoms with E-state index in [4.69, 9.17) is 9.52 Å². The number of aromatic amines is 1. The van der Waals surface area contributed by atoms with Gasteiger partial charge in [0.2, 0.25) is 0 Å². The van der Waals surface area contributed by atoms with Crippen LogP contribution in [-0.2, 0) is 10.0 Å². The highest BCUT2D eigenvalue weighted by Gasteiger charge is 2.38. The number of nitrogens with one attached hydrogen (secondary N) is 2. The van der Waals surface area contributed by atoms with Gasteiger partial charge in [-0.05, 0) is 67.1 Å². The highest BCUT2D eigenvalue weighted by molar-refractivity contribution is 9.10. The molecule has 0 radical (unpaired) electrons. The van der Waals surface area contributed by atoms with Gasteiger partial charge in [-0.3, -0.25) is 14.3 Å². The molecule has 6 aromatic rings. The Kier molecular flexibility index (Phi) is 7.86. The second-order valence-electron chi connectivity index (χ2n) is 11.2. The molecule has 4 aromatic carbocycles. The van der Waals surface area contributed by atoms with Gasteiger partial charge in [0.05, 0.1) is 33.7 Å². The van der Waals surface area contributed by atoms with Crippen LogP contribution in [0.5, 0.6) is 0 Å². The molecule has 0 aliphatic carbocycles. The van der Waals surface area contributed by atoms with E-state index in [0.717, 1.165) is 21.0 Å². The zero-order valence-corrected chi connectivity index (χ0v) is 27.4. The number of nitrogens with zero attached hydrogens (tertiary/aromatic N) is 2. The molecule has 234 valence electrons. The molecule has 1 aliphatic heterocycles. The van der Waals surface area contributed by atoms with Crippen molar-refractivity contribution in [2.24, 2.45) is 5.10 Å². The highest BCUT2D eigenvalue weighted by atomic mass is 79.9. The Hall–Kier alpha value is -5.26. The molecule has 7 rings (SSSR count). The first kappa shape index (κ1) is 30.4. The van der Waals surface area contributed by atoms with Crippen LogP contribution in [-0.4, -0.2) is 30.0 Å². The number of sulfonamides is 1. The predicted molar refractivity (Wildman–Crippen MR) is 185 cm³/mol. The smallest absolute Gasteiger partial charge is 0.276 e. The average molecular weight is 708 g/mol. The molecule has 9 nitrogen and oxygen atoms in total. The van der Waals surface area contributed by atoms with E-state index in [1.54, 1.807) is 36.4 Å². The fraction of sp³-hybridized carbons (Fsp3) is 0.0833. The summed E-state index contributed by atoms with van der Waals surface area (Å²) in [5.74, 6) is -0.0964. The number of anilines is 1. The van der Waals surface area contributed by atoms with Crippen molar-refractivity contribution >= 4 is 54.2 Å². The van der Waals surface area contributed by atoms with E-state index in [1.807, 2.05) is 55.5 Å².